The first kappa shape index (κ1) is 14.5. The van der Waals surface area contributed by atoms with E-state index in [2.05, 4.69) is 15.3 Å². The molecule has 2 heterocycles. The van der Waals surface area contributed by atoms with E-state index in [4.69, 9.17) is 14.2 Å². The number of rotatable bonds is 5. The maximum absolute atomic E-state index is 5.90. The van der Waals surface area contributed by atoms with E-state index in [1.807, 2.05) is 12.1 Å². The number of anilines is 1. The molecule has 6 nitrogen and oxygen atoms in total. The van der Waals surface area contributed by atoms with Crippen LogP contribution < -0.4 is 14.8 Å². The molecule has 1 unspecified atom stereocenters. The van der Waals surface area contributed by atoms with Crippen molar-refractivity contribution in [2.75, 3.05) is 26.1 Å². The average molecular weight is 315 g/mol. The van der Waals surface area contributed by atoms with E-state index >= 15 is 0 Å². The monoisotopic (exact) mass is 315 g/mol. The Labute approximate surface area is 135 Å². The van der Waals surface area contributed by atoms with E-state index < -0.39 is 0 Å². The lowest BCUT2D eigenvalue weighted by Crippen LogP contribution is -2.31. The summed E-state index contributed by atoms with van der Waals surface area (Å²) in [7, 11) is 3.25. The zero-order chi connectivity index (χ0) is 15.8. The molecular weight excluding hydrogens is 294 g/mol. The van der Waals surface area contributed by atoms with Gasteiger partial charge in [-0.15, -0.1) is 0 Å². The molecule has 122 valence electrons. The molecular formula is C17H21N3O3. The third-order valence-corrected chi connectivity index (χ3v) is 4.69. The van der Waals surface area contributed by atoms with Crippen molar-refractivity contribution in [2.45, 2.75) is 31.4 Å². The van der Waals surface area contributed by atoms with Crippen LogP contribution in [-0.4, -0.2) is 42.9 Å². The Kier molecular flexibility index (Phi) is 3.69. The molecule has 2 aromatic rings. The van der Waals surface area contributed by atoms with Crippen molar-refractivity contribution in [1.82, 2.24) is 9.97 Å². The van der Waals surface area contributed by atoms with Crippen LogP contribution in [0.5, 0.6) is 11.5 Å². The summed E-state index contributed by atoms with van der Waals surface area (Å²) in [5, 5.41) is 4.51. The molecule has 2 aliphatic rings. The second kappa shape index (κ2) is 5.85. The molecule has 1 saturated carbocycles. The SMILES string of the molecule is COc1ccc2c(NC3CCO[C@H]3C3CC3)ncnc2c1OC. The van der Waals surface area contributed by atoms with Crippen LogP contribution in [0.4, 0.5) is 5.82 Å². The zero-order valence-electron chi connectivity index (χ0n) is 13.4. The van der Waals surface area contributed by atoms with Crippen LogP contribution in [0, 0.1) is 5.92 Å². The van der Waals surface area contributed by atoms with Gasteiger partial charge in [0.15, 0.2) is 11.5 Å². The topological polar surface area (TPSA) is 65.5 Å². The number of methoxy groups -OCH3 is 2. The summed E-state index contributed by atoms with van der Waals surface area (Å²) in [4.78, 5) is 8.82. The summed E-state index contributed by atoms with van der Waals surface area (Å²) < 4.78 is 16.7. The Morgan fingerprint density at radius 1 is 1.13 bits per heavy atom. The first-order chi connectivity index (χ1) is 11.3. The predicted molar refractivity (Wildman–Crippen MR) is 87.1 cm³/mol. The highest BCUT2D eigenvalue weighted by Gasteiger charge is 2.40. The predicted octanol–water partition coefficient (Wildman–Crippen LogP) is 2.63. The quantitative estimate of drug-likeness (QED) is 0.915. The fourth-order valence-corrected chi connectivity index (χ4v) is 3.39. The minimum Gasteiger partial charge on any atom is -0.493 e. The Bertz CT molecular complexity index is 718. The van der Waals surface area contributed by atoms with Crippen molar-refractivity contribution >= 4 is 16.7 Å². The van der Waals surface area contributed by atoms with E-state index in [0.29, 0.717) is 29.6 Å². The maximum Gasteiger partial charge on any atom is 0.187 e. The van der Waals surface area contributed by atoms with Gasteiger partial charge in [0.05, 0.1) is 26.4 Å². The number of hydrogen-bond acceptors (Lipinski definition) is 6. The molecule has 23 heavy (non-hydrogen) atoms. The lowest BCUT2D eigenvalue weighted by molar-refractivity contribution is 0.0898. The number of aromatic nitrogens is 2. The third kappa shape index (κ3) is 2.57. The molecule has 1 aliphatic carbocycles. The second-order valence-electron chi connectivity index (χ2n) is 6.13. The molecule has 1 aromatic heterocycles. The highest BCUT2D eigenvalue weighted by Crippen LogP contribution is 2.41. The lowest BCUT2D eigenvalue weighted by Gasteiger charge is -2.21. The molecule has 2 atom stereocenters. The lowest BCUT2D eigenvalue weighted by atomic mass is 10.1. The Morgan fingerprint density at radius 3 is 2.74 bits per heavy atom. The van der Waals surface area contributed by atoms with Gasteiger partial charge in [-0.2, -0.15) is 0 Å². The van der Waals surface area contributed by atoms with Crippen molar-refractivity contribution < 1.29 is 14.2 Å². The first-order valence-electron chi connectivity index (χ1n) is 8.05. The third-order valence-electron chi connectivity index (χ3n) is 4.69. The largest absolute Gasteiger partial charge is 0.493 e. The molecule has 1 saturated heterocycles. The summed E-state index contributed by atoms with van der Waals surface area (Å²) in [5.74, 6) is 2.84. The van der Waals surface area contributed by atoms with Gasteiger partial charge >= 0.3 is 0 Å². The highest BCUT2D eigenvalue weighted by atomic mass is 16.5. The van der Waals surface area contributed by atoms with E-state index in [9.17, 15) is 0 Å². The fraction of sp³-hybridized carbons (Fsp3) is 0.529. The van der Waals surface area contributed by atoms with Gasteiger partial charge in [0.25, 0.3) is 0 Å². The normalized spacial score (nSPS) is 23.9. The molecule has 1 aromatic carbocycles. The van der Waals surface area contributed by atoms with Crippen LogP contribution in [-0.2, 0) is 4.74 Å². The maximum atomic E-state index is 5.90. The van der Waals surface area contributed by atoms with Crippen LogP contribution >= 0.6 is 0 Å². The molecule has 1 aliphatic heterocycles. The van der Waals surface area contributed by atoms with Crippen molar-refractivity contribution in [1.29, 1.82) is 0 Å². The molecule has 0 radical (unpaired) electrons. The first-order valence-corrected chi connectivity index (χ1v) is 8.05. The van der Waals surface area contributed by atoms with Crippen LogP contribution in [0.15, 0.2) is 18.5 Å². The van der Waals surface area contributed by atoms with Gasteiger partial charge in [0.1, 0.15) is 17.7 Å². The number of nitrogens with zero attached hydrogens (tertiary/aromatic N) is 2. The average Bonchev–Trinajstić information content (AvgIpc) is 3.33. The minimum absolute atomic E-state index is 0.306. The van der Waals surface area contributed by atoms with Gasteiger partial charge in [0, 0.05) is 12.0 Å². The van der Waals surface area contributed by atoms with Crippen molar-refractivity contribution in [3.05, 3.63) is 18.5 Å². The Morgan fingerprint density at radius 2 is 2.00 bits per heavy atom. The number of benzene rings is 1. The minimum atomic E-state index is 0.306. The molecule has 0 amide bonds. The van der Waals surface area contributed by atoms with E-state index in [-0.39, 0.29) is 0 Å². The molecule has 0 spiro atoms. The van der Waals surface area contributed by atoms with Gasteiger partial charge in [0.2, 0.25) is 0 Å². The van der Waals surface area contributed by atoms with Gasteiger partial charge in [-0.3, -0.25) is 0 Å². The highest BCUT2D eigenvalue weighted by molar-refractivity contribution is 5.94. The fourth-order valence-electron chi connectivity index (χ4n) is 3.39. The number of nitrogens with one attached hydrogen (secondary N) is 1. The summed E-state index contributed by atoms with van der Waals surface area (Å²) in [6, 6.07) is 4.17. The van der Waals surface area contributed by atoms with Crippen LogP contribution in [0.2, 0.25) is 0 Å². The molecule has 6 heteroatoms. The number of hydrogen-bond donors (Lipinski definition) is 1. The zero-order valence-corrected chi connectivity index (χ0v) is 13.4. The van der Waals surface area contributed by atoms with Crippen LogP contribution in [0.3, 0.4) is 0 Å². The van der Waals surface area contributed by atoms with Gasteiger partial charge < -0.3 is 19.5 Å². The summed E-state index contributed by atoms with van der Waals surface area (Å²) in [6.07, 6.45) is 5.44. The van der Waals surface area contributed by atoms with E-state index in [1.165, 1.54) is 12.8 Å². The van der Waals surface area contributed by atoms with Crippen molar-refractivity contribution in [3.8, 4) is 11.5 Å². The Hall–Kier alpha value is -2.08. The van der Waals surface area contributed by atoms with Gasteiger partial charge in [-0.05, 0) is 37.3 Å². The van der Waals surface area contributed by atoms with Gasteiger partial charge in [-0.25, -0.2) is 9.97 Å². The van der Waals surface area contributed by atoms with Crippen molar-refractivity contribution in [3.63, 3.8) is 0 Å². The van der Waals surface area contributed by atoms with Gasteiger partial charge in [-0.1, -0.05) is 0 Å². The standard InChI is InChI=1S/C17H21N3O3/c1-21-13-6-5-11-14(16(13)22-2)18-9-19-17(11)20-12-7-8-23-15(12)10-3-4-10/h5-6,9-10,12,15H,3-4,7-8H2,1-2H3,(H,18,19,20)/t12?,15-/m0/s1. The Balaban J connectivity index is 1.69. The molecule has 0 bridgehead atoms. The summed E-state index contributed by atoms with van der Waals surface area (Å²) >= 11 is 0. The smallest absolute Gasteiger partial charge is 0.187 e. The van der Waals surface area contributed by atoms with Crippen LogP contribution in [0.25, 0.3) is 10.9 Å². The molecule has 1 N–H and O–H groups in total. The van der Waals surface area contributed by atoms with E-state index in [0.717, 1.165) is 29.7 Å². The summed E-state index contributed by atoms with van der Waals surface area (Å²) in [6.45, 7) is 0.818. The second-order valence-corrected chi connectivity index (χ2v) is 6.13. The summed E-state index contributed by atoms with van der Waals surface area (Å²) in [5.41, 5.74) is 0.756. The number of fused-ring (bicyclic) bond motifs is 1. The molecule has 4 rings (SSSR count). The van der Waals surface area contributed by atoms with Crippen LogP contribution in [0.1, 0.15) is 19.3 Å². The van der Waals surface area contributed by atoms with Crippen molar-refractivity contribution in [2.24, 2.45) is 5.92 Å². The molecule has 2 fully saturated rings. The van der Waals surface area contributed by atoms with E-state index in [1.54, 1.807) is 20.5 Å². The number of ether oxygens (including phenoxy) is 3.